The van der Waals surface area contributed by atoms with Crippen LogP contribution in [0.25, 0.3) is 21.9 Å². The molecule has 1 aliphatic carbocycles. The molecule has 21 heavy (non-hydrogen) atoms. The smallest absolute Gasteiger partial charge is 0.277 e. The average molecular weight is 275 g/mol. The van der Waals surface area contributed by atoms with Gasteiger partial charge in [0.05, 0.1) is 10.5 Å². The lowest BCUT2D eigenvalue weighted by atomic mass is 9.82. The van der Waals surface area contributed by atoms with E-state index in [0.29, 0.717) is 16.7 Å². The first-order valence-corrected chi connectivity index (χ1v) is 6.52. The Morgan fingerprint density at radius 3 is 2.14 bits per heavy atom. The van der Waals surface area contributed by atoms with Crippen LogP contribution in [0.1, 0.15) is 15.9 Å². The minimum absolute atomic E-state index is 0.0251. The van der Waals surface area contributed by atoms with E-state index < -0.39 is 4.92 Å². The third kappa shape index (κ3) is 1.47. The fourth-order valence-electron chi connectivity index (χ4n) is 3.05. The molecule has 0 saturated heterocycles. The summed E-state index contributed by atoms with van der Waals surface area (Å²) in [5, 5.41) is 13.0. The molecule has 0 aliphatic heterocycles. The fourth-order valence-corrected chi connectivity index (χ4v) is 3.05. The molecule has 0 spiro atoms. The molecule has 0 unspecified atom stereocenters. The van der Waals surface area contributed by atoms with E-state index in [2.05, 4.69) is 0 Å². The minimum Gasteiger partial charge on any atom is -0.289 e. The van der Waals surface area contributed by atoms with Crippen LogP contribution in [0.3, 0.4) is 0 Å². The van der Waals surface area contributed by atoms with E-state index in [0.717, 1.165) is 16.3 Å². The van der Waals surface area contributed by atoms with Gasteiger partial charge in [-0.15, -0.1) is 0 Å². The van der Waals surface area contributed by atoms with Crippen molar-refractivity contribution in [3.05, 3.63) is 75.8 Å². The van der Waals surface area contributed by atoms with Crippen molar-refractivity contribution in [2.45, 2.75) is 0 Å². The third-order valence-corrected chi connectivity index (χ3v) is 3.90. The molecule has 100 valence electrons. The Bertz CT molecular complexity index is 939. The zero-order valence-electron chi connectivity index (χ0n) is 10.9. The molecule has 0 fully saturated rings. The molecule has 0 aromatic heterocycles. The number of benzene rings is 3. The molecule has 0 saturated carbocycles. The molecule has 0 radical (unpaired) electrons. The van der Waals surface area contributed by atoms with Crippen LogP contribution in [-0.4, -0.2) is 10.7 Å². The van der Waals surface area contributed by atoms with Crippen LogP contribution in [0.2, 0.25) is 0 Å². The Balaban J connectivity index is 2.25. The van der Waals surface area contributed by atoms with Gasteiger partial charge in [-0.1, -0.05) is 42.5 Å². The summed E-state index contributed by atoms with van der Waals surface area (Å²) in [4.78, 5) is 23.5. The van der Waals surface area contributed by atoms with Crippen molar-refractivity contribution in [1.82, 2.24) is 0 Å². The van der Waals surface area contributed by atoms with Gasteiger partial charge < -0.3 is 0 Å². The third-order valence-electron chi connectivity index (χ3n) is 3.90. The van der Waals surface area contributed by atoms with Crippen molar-refractivity contribution in [3.8, 4) is 11.1 Å². The van der Waals surface area contributed by atoms with Gasteiger partial charge in [-0.25, -0.2) is 0 Å². The summed E-state index contributed by atoms with van der Waals surface area (Å²) >= 11 is 0. The zero-order valence-corrected chi connectivity index (χ0v) is 10.9. The standard InChI is InChI=1S/C17H9NO3/c19-17-12-7-2-5-10-4-1-6-11(15(10)12)16-13(17)8-3-9-14(16)18(20)21/h1-9H. The van der Waals surface area contributed by atoms with E-state index in [-0.39, 0.29) is 11.5 Å². The van der Waals surface area contributed by atoms with Crippen LogP contribution in [-0.2, 0) is 0 Å². The summed E-state index contributed by atoms with van der Waals surface area (Å²) in [6.07, 6.45) is 0. The Morgan fingerprint density at radius 1 is 0.810 bits per heavy atom. The number of rotatable bonds is 1. The van der Waals surface area contributed by atoms with E-state index in [9.17, 15) is 14.9 Å². The van der Waals surface area contributed by atoms with Gasteiger partial charge in [-0.05, 0) is 17.0 Å². The maximum Gasteiger partial charge on any atom is 0.277 e. The minimum atomic E-state index is -0.432. The predicted octanol–water partition coefficient (Wildman–Crippen LogP) is 3.96. The molecule has 1 aliphatic rings. The van der Waals surface area contributed by atoms with Gasteiger partial charge in [-0.2, -0.15) is 0 Å². The second-order valence-electron chi connectivity index (χ2n) is 5.00. The highest BCUT2D eigenvalue weighted by atomic mass is 16.6. The molecular weight excluding hydrogens is 266 g/mol. The van der Waals surface area contributed by atoms with Crippen molar-refractivity contribution in [2.75, 3.05) is 0 Å². The highest BCUT2D eigenvalue weighted by Gasteiger charge is 2.30. The van der Waals surface area contributed by atoms with Gasteiger partial charge in [0.2, 0.25) is 0 Å². The number of carbonyl (C=O) groups is 1. The van der Waals surface area contributed by atoms with Gasteiger partial charge in [-0.3, -0.25) is 14.9 Å². The highest BCUT2D eigenvalue weighted by molar-refractivity contribution is 6.26. The van der Waals surface area contributed by atoms with Crippen molar-refractivity contribution in [3.63, 3.8) is 0 Å². The van der Waals surface area contributed by atoms with Crippen molar-refractivity contribution in [1.29, 1.82) is 0 Å². The molecule has 0 bridgehead atoms. The van der Waals surface area contributed by atoms with Gasteiger partial charge in [0, 0.05) is 22.6 Å². The molecule has 4 rings (SSSR count). The molecule has 3 aromatic carbocycles. The summed E-state index contributed by atoms with van der Waals surface area (Å²) in [7, 11) is 0. The van der Waals surface area contributed by atoms with Crippen LogP contribution < -0.4 is 0 Å². The molecule has 0 heterocycles. The Hall–Kier alpha value is -3.01. The Kier molecular flexibility index (Phi) is 2.24. The van der Waals surface area contributed by atoms with Crippen LogP contribution in [0.15, 0.2) is 54.6 Å². The monoisotopic (exact) mass is 275 g/mol. The van der Waals surface area contributed by atoms with E-state index in [1.807, 2.05) is 30.3 Å². The zero-order chi connectivity index (χ0) is 14.6. The fraction of sp³-hybridized carbons (Fsp3) is 0. The van der Waals surface area contributed by atoms with Crippen molar-refractivity contribution in [2.24, 2.45) is 0 Å². The maximum absolute atomic E-state index is 12.6. The lowest BCUT2D eigenvalue weighted by Gasteiger charge is -2.19. The predicted molar refractivity (Wildman–Crippen MR) is 79.5 cm³/mol. The number of nitrogens with zero attached hydrogens (tertiary/aromatic N) is 1. The summed E-state index contributed by atoms with van der Waals surface area (Å²) in [6.45, 7) is 0. The first kappa shape index (κ1) is 11.8. The number of nitro groups is 1. The van der Waals surface area contributed by atoms with Gasteiger partial charge >= 0.3 is 0 Å². The highest BCUT2D eigenvalue weighted by Crippen LogP contribution is 2.43. The van der Waals surface area contributed by atoms with Gasteiger partial charge in [0.25, 0.3) is 5.69 Å². The van der Waals surface area contributed by atoms with Crippen molar-refractivity contribution >= 4 is 22.2 Å². The summed E-state index contributed by atoms with van der Waals surface area (Å²) in [6, 6.07) is 15.8. The maximum atomic E-state index is 12.6. The Morgan fingerprint density at radius 2 is 1.43 bits per heavy atom. The SMILES string of the molecule is O=C1c2cccc([N+](=O)[O-])c2-c2cccc3cccc1c23. The molecule has 0 N–H and O–H groups in total. The van der Waals surface area contributed by atoms with Crippen LogP contribution in [0.5, 0.6) is 0 Å². The van der Waals surface area contributed by atoms with Crippen molar-refractivity contribution < 1.29 is 9.72 Å². The lowest BCUT2D eigenvalue weighted by molar-refractivity contribution is -0.384. The number of ketones is 1. The van der Waals surface area contributed by atoms with E-state index >= 15 is 0 Å². The number of nitro benzene ring substituents is 1. The number of hydrogen-bond donors (Lipinski definition) is 0. The Labute approximate surface area is 119 Å². The molecular formula is C17H9NO3. The average Bonchev–Trinajstić information content (AvgIpc) is 2.51. The first-order valence-electron chi connectivity index (χ1n) is 6.52. The number of fused-ring (bicyclic) bond motifs is 2. The number of hydrogen-bond acceptors (Lipinski definition) is 3. The van der Waals surface area contributed by atoms with E-state index in [1.165, 1.54) is 6.07 Å². The second-order valence-corrected chi connectivity index (χ2v) is 5.00. The topological polar surface area (TPSA) is 60.2 Å². The second kappa shape index (κ2) is 3.99. The summed E-state index contributed by atoms with van der Waals surface area (Å²) in [5.41, 5.74) is 2.16. The van der Waals surface area contributed by atoms with E-state index in [4.69, 9.17) is 0 Å². The molecule has 4 nitrogen and oxygen atoms in total. The van der Waals surface area contributed by atoms with Crippen LogP contribution in [0, 0.1) is 10.1 Å². The summed E-state index contributed by atoms with van der Waals surface area (Å²) < 4.78 is 0. The molecule has 0 amide bonds. The summed E-state index contributed by atoms with van der Waals surface area (Å²) in [5.74, 6) is -0.155. The van der Waals surface area contributed by atoms with Crippen LogP contribution in [0.4, 0.5) is 5.69 Å². The van der Waals surface area contributed by atoms with E-state index in [1.54, 1.807) is 18.2 Å². The molecule has 3 aromatic rings. The van der Waals surface area contributed by atoms with Crippen LogP contribution >= 0.6 is 0 Å². The normalized spacial score (nSPS) is 12.3. The largest absolute Gasteiger partial charge is 0.289 e. The molecule has 0 atom stereocenters. The first-order chi connectivity index (χ1) is 10.2. The lowest BCUT2D eigenvalue weighted by Crippen LogP contribution is -2.11. The van der Waals surface area contributed by atoms with Gasteiger partial charge in [0.15, 0.2) is 5.78 Å². The molecule has 4 heteroatoms. The van der Waals surface area contributed by atoms with Gasteiger partial charge in [0.1, 0.15) is 0 Å². The number of carbonyl (C=O) groups excluding carboxylic acids is 1. The quantitative estimate of drug-likeness (QED) is 0.390.